The van der Waals surface area contributed by atoms with Crippen molar-refractivity contribution in [3.05, 3.63) is 36.3 Å². The second-order valence-corrected chi connectivity index (χ2v) is 4.98. The predicted octanol–water partition coefficient (Wildman–Crippen LogP) is 2.40. The van der Waals surface area contributed by atoms with E-state index in [4.69, 9.17) is 5.73 Å². The van der Waals surface area contributed by atoms with Crippen molar-refractivity contribution in [1.29, 1.82) is 0 Å². The van der Waals surface area contributed by atoms with Gasteiger partial charge < -0.3 is 5.73 Å². The van der Waals surface area contributed by atoms with Gasteiger partial charge in [0.05, 0.1) is 11.7 Å². The highest BCUT2D eigenvalue weighted by atomic mass is 14.7. The van der Waals surface area contributed by atoms with Gasteiger partial charge in [-0.2, -0.15) is 0 Å². The van der Waals surface area contributed by atoms with Crippen LogP contribution in [-0.4, -0.2) is 16.5 Å². The van der Waals surface area contributed by atoms with Crippen LogP contribution >= 0.6 is 0 Å². The molecule has 3 nitrogen and oxygen atoms in total. The lowest BCUT2D eigenvalue weighted by molar-refractivity contribution is 0.452. The van der Waals surface area contributed by atoms with Crippen molar-refractivity contribution in [1.82, 2.24) is 9.97 Å². The maximum absolute atomic E-state index is 6.00. The second-order valence-electron chi connectivity index (χ2n) is 4.98. The number of aromatic nitrogens is 2. The van der Waals surface area contributed by atoms with Crippen molar-refractivity contribution < 1.29 is 0 Å². The van der Waals surface area contributed by atoms with Crippen LogP contribution in [0.2, 0.25) is 0 Å². The molecule has 0 unspecified atom stereocenters. The van der Waals surface area contributed by atoms with Crippen LogP contribution in [0.3, 0.4) is 0 Å². The first-order chi connectivity index (χ1) is 8.34. The average Bonchev–Trinajstić information content (AvgIpc) is 2.88. The van der Waals surface area contributed by atoms with Gasteiger partial charge in [0.25, 0.3) is 0 Å². The van der Waals surface area contributed by atoms with E-state index in [-0.39, 0.29) is 5.41 Å². The summed E-state index contributed by atoms with van der Waals surface area (Å²) in [7, 11) is 0. The van der Waals surface area contributed by atoms with E-state index in [1.165, 1.54) is 31.2 Å². The van der Waals surface area contributed by atoms with E-state index in [0.29, 0.717) is 0 Å². The predicted molar refractivity (Wildman–Crippen MR) is 68.7 cm³/mol. The molecule has 88 valence electrons. The van der Waals surface area contributed by atoms with Gasteiger partial charge in [-0.15, -0.1) is 0 Å². The molecule has 0 saturated heterocycles. The highest BCUT2D eigenvalue weighted by Gasteiger charge is 2.34. The summed E-state index contributed by atoms with van der Waals surface area (Å²) < 4.78 is 0. The van der Waals surface area contributed by atoms with Crippen molar-refractivity contribution in [2.75, 3.05) is 6.54 Å². The lowest BCUT2D eigenvalue weighted by Crippen LogP contribution is -2.32. The topological polar surface area (TPSA) is 51.8 Å². The summed E-state index contributed by atoms with van der Waals surface area (Å²) in [6.07, 6.45) is 10.6. The Labute approximate surface area is 101 Å². The molecule has 0 bridgehead atoms. The number of hydrogen-bond donors (Lipinski definition) is 1. The minimum absolute atomic E-state index is 0.171. The summed E-state index contributed by atoms with van der Waals surface area (Å²) in [5.74, 6) is 0. The number of rotatable bonds is 2. The van der Waals surface area contributed by atoms with Gasteiger partial charge in [0.15, 0.2) is 0 Å². The lowest BCUT2D eigenvalue weighted by Gasteiger charge is -2.27. The van der Waals surface area contributed by atoms with Gasteiger partial charge in [-0.3, -0.25) is 9.97 Å². The molecule has 2 aromatic rings. The molecule has 1 saturated carbocycles. The van der Waals surface area contributed by atoms with Gasteiger partial charge in [-0.05, 0) is 30.5 Å². The molecule has 0 aromatic carbocycles. The largest absolute Gasteiger partial charge is 0.330 e. The van der Waals surface area contributed by atoms with Crippen LogP contribution in [0.4, 0.5) is 0 Å². The van der Waals surface area contributed by atoms with Gasteiger partial charge in [0, 0.05) is 29.7 Å². The normalized spacial score (nSPS) is 18.6. The molecular weight excluding hydrogens is 210 g/mol. The molecule has 3 heteroatoms. The maximum Gasteiger partial charge on any atom is 0.0885 e. The summed E-state index contributed by atoms with van der Waals surface area (Å²) in [6, 6.07) is 4.26. The number of hydrogen-bond acceptors (Lipinski definition) is 3. The highest BCUT2D eigenvalue weighted by molar-refractivity contribution is 5.78. The standard InChI is InChI=1S/C14H17N3/c15-10-14(4-1-2-5-14)12-7-11-3-6-16-9-13(11)17-8-12/h3,6-9H,1-2,4-5,10,15H2. The third-order valence-electron chi connectivity index (χ3n) is 4.05. The fourth-order valence-electron chi connectivity index (χ4n) is 2.92. The van der Waals surface area contributed by atoms with Gasteiger partial charge in [0.1, 0.15) is 0 Å². The van der Waals surface area contributed by atoms with Crippen molar-refractivity contribution in [2.45, 2.75) is 31.1 Å². The van der Waals surface area contributed by atoms with Crippen molar-refractivity contribution in [2.24, 2.45) is 5.73 Å². The fourth-order valence-corrected chi connectivity index (χ4v) is 2.92. The third-order valence-corrected chi connectivity index (χ3v) is 4.05. The zero-order valence-electron chi connectivity index (χ0n) is 9.89. The van der Waals surface area contributed by atoms with Crippen LogP contribution in [0.15, 0.2) is 30.7 Å². The molecule has 0 aliphatic heterocycles. The Morgan fingerprint density at radius 2 is 2.06 bits per heavy atom. The Morgan fingerprint density at radius 1 is 1.24 bits per heavy atom. The van der Waals surface area contributed by atoms with Crippen LogP contribution in [-0.2, 0) is 5.41 Å². The van der Waals surface area contributed by atoms with E-state index in [1.54, 1.807) is 0 Å². The lowest BCUT2D eigenvalue weighted by atomic mass is 9.79. The van der Waals surface area contributed by atoms with Crippen molar-refractivity contribution in [3.8, 4) is 0 Å². The van der Waals surface area contributed by atoms with E-state index >= 15 is 0 Å². The Balaban J connectivity index is 2.10. The first kappa shape index (κ1) is 10.7. The highest BCUT2D eigenvalue weighted by Crippen LogP contribution is 2.40. The summed E-state index contributed by atoms with van der Waals surface area (Å²) in [5.41, 5.74) is 8.44. The zero-order valence-corrected chi connectivity index (χ0v) is 9.89. The van der Waals surface area contributed by atoms with Crippen LogP contribution in [0, 0.1) is 0 Å². The first-order valence-corrected chi connectivity index (χ1v) is 6.24. The Kier molecular flexibility index (Phi) is 2.56. The number of pyridine rings is 2. The van der Waals surface area contributed by atoms with Crippen LogP contribution in [0.1, 0.15) is 31.2 Å². The van der Waals surface area contributed by atoms with E-state index in [2.05, 4.69) is 16.0 Å². The Bertz CT molecular complexity index is 530. The van der Waals surface area contributed by atoms with Gasteiger partial charge in [-0.25, -0.2) is 0 Å². The third kappa shape index (κ3) is 1.71. The molecule has 0 atom stereocenters. The van der Waals surface area contributed by atoms with Crippen molar-refractivity contribution >= 4 is 10.9 Å². The van der Waals surface area contributed by atoms with Gasteiger partial charge in [-0.1, -0.05) is 12.8 Å². The fraction of sp³-hybridized carbons (Fsp3) is 0.429. The van der Waals surface area contributed by atoms with E-state index in [9.17, 15) is 0 Å². The monoisotopic (exact) mass is 227 g/mol. The maximum atomic E-state index is 6.00. The minimum atomic E-state index is 0.171. The first-order valence-electron chi connectivity index (χ1n) is 6.24. The quantitative estimate of drug-likeness (QED) is 0.857. The molecule has 3 rings (SSSR count). The molecule has 17 heavy (non-hydrogen) atoms. The minimum Gasteiger partial charge on any atom is -0.330 e. The molecule has 1 aliphatic carbocycles. The number of nitrogens with two attached hydrogens (primary N) is 1. The van der Waals surface area contributed by atoms with Gasteiger partial charge >= 0.3 is 0 Å². The molecule has 0 spiro atoms. The summed E-state index contributed by atoms with van der Waals surface area (Å²) in [6.45, 7) is 0.727. The number of nitrogens with zero attached hydrogens (tertiary/aromatic N) is 2. The smallest absolute Gasteiger partial charge is 0.0885 e. The van der Waals surface area contributed by atoms with Gasteiger partial charge in [0.2, 0.25) is 0 Å². The number of fused-ring (bicyclic) bond motifs is 1. The molecule has 1 aliphatic rings. The Morgan fingerprint density at radius 3 is 2.82 bits per heavy atom. The molecule has 1 fully saturated rings. The molecule has 0 amide bonds. The molecule has 0 radical (unpaired) electrons. The van der Waals surface area contributed by atoms with Crippen LogP contribution < -0.4 is 5.73 Å². The Hall–Kier alpha value is -1.48. The second kappa shape index (κ2) is 4.08. The molecular formula is C14H17N3. The zero-order chi connectivity index (χ0) is 11.7. The van der Waals surface area contributed by atoms with Crippen LogP contribution in [0.5, 0.6) is 0 Å². The molecule has 2 N–H and O–H groups in total. The van der Waals surface area contributed by atoms with Crippen molar-refractivity contribution in [3.63, 3.8) is 0 Å². The van der Waals surface area contributed by atoms with E-state index in [0.717, 1.165) is 17.4 Å². The molecule has 2 aromatic heterocycles. The van der Waals surface area contributed by atoms with E-state index < -0.39 is 0 Å². The average molecular weight is 227 g/mol. The summed E-state index contributed by atoms with van der Waals surface area (Å²) >= 11 is 0. The SMILES string of the molecule is NCC1(c2cnc3cnccc3c2)CCCC1. The molecule has 2 heterocycles. The van der Waals surface area contributed by atoms with E-state index in [1.807, 2.05) is 24.7 Å². The van der Waals surface area contributed by atoms with Crippen LogP contribution in [0.25, 0.3) is 10.9 Å². The summed E-state index contributed by atoms with van der Waals surface area (Å²) in [4.78, 5) is 8.59. The summed E-state index contributed by atoms with van der Waals surface area (Å²) in [5, 5.41) is 1.16.